The molecule has 0 N–H and O–H groups in total. The molecule has 0 aromatic heterocycles. The van der Waals surface area contributed by atoms with E-state index in [1.54, 1.807) is 22.3 Å². The third-order valence-corrected chi connectivity index (χ3v) is 13.1. The zero-order chi connectivity index (χ0) is 32.8. The Hall–Kier alpha value is -4.94. The van der Waals surface area contributed by atoms with Crippen molar-refractivity contribution in [2.45, 2.75) is 63.2 Å². The van der Waals surface area contributed by atoms with Gasteiger partial charge in [0.15, 0.2) is 0 Å². The third-order valence-electron chi connectivity index (χ3n) is 13.1. The number of benzene rings is 3. The Bertz CT molecular complexity index is 2310. The summed E-state index contributed by atoms with van der Waals surface area (Å²) in [5.41, 5.74) is 24.2. The first-order valence-electron chi connectivity index (χ1n) is 19.1. The van der Waals surface area contributed by atoms with Gasteiger partial charge in [0.25, 0.3) is 0 Å². The Kier molecular flexibility index (Phi) is 6.52. The highest BCUT2D eigenvalue weighted by atomic mass is 14.4. The van der Waals surface area contributed by atoms with Crippen LogP contribution in [0.2, 0.25) is 0 Å². The molecule has 8 aliphatic carbocycles. The fourth-order valence-corrected chi connectivity index (χ4v) is 10.9. The van der Waals surface area contributed by atoms with Crippen molar-refractivity contribution in [3.05, 3.63) is 200 Å². The smallest absolute Gasteiger partial charge is 0.0139 e. The molecular weight excluding hydrogens is 601 g/mol. The average Bonchev–Trinajstić information content (AvgIpc) is 3.70. The highest BCUT2D eigenvalue weighted by Crippen LogP contribution is 2.57. The maximum absolute atomic E-state index is 2.57. The lowest BCUT2D eigenvalue weighted by Gasteiger charge is -2.35. The van der Waals surface area contributed by atoms with Gasteiger partial charge in [0.05, 0.1) is 0 Å². The number of rotatable bonds is 4. The van der Waals surface area contributed by atoms with E-state index < -0.39 is 0 Å². The maximum atomic E-state index is 2.57. The van der Waals surface area contributed by atoms with Crippen LogP contribution in [0.1, 0.15) is 96.6 Å². The molecular formula is C50H42. The van der Waals surface area contributed by atoms with Crippen LogP contribution in [0.3, 0.4) is 0 Å². The molecule has 0 fully saturated rings. The van der Waals surface area contributed by atoms with Crippen LogP contribution in [0.25, 0.3) is 22.3 Å². The molecule has 8 aliphatic rings. The fraction of sp³-hybridized carbons (Fsp3) is 0.240. The van der Waals surface area contributed by atoms with Crippen molar-refractivity contribution in [2.24, 2.45) is 11.8 Å². The molecule has 50 heavy (non-hydrogen) atoms. The molecule has 0 radical (unpaired) electrons. The van der Waals surface area contributed by atoms with E-state index in [1.807, 2.05) is 0 Å². The van der Waals surface area contributed by atoms with Crippen molar-refractivity contribution in [3.63, 3.8) is 0 Å². The highest BCUT2D eigenvalue weighted by Gasteiger charge is 2.40. The van der Waals surface area contributed by atoms with Crippen molar-refractivity contribution in [2.75, 3.05) is 0 Å². The van der Waals surface area contributed by atoms with Crippen molar-refractivity contribution in [1.82, 2.24) is 0 Å². The molecule has 0 heteroatoms. The number of hydrogen-bond acceptors (Lipinski definition) is 0. The fourth-order valence-electron chi connectivity index (χ4n) is 10.9. The highest BCUT2D eigenvalue weighted by molar-refractivity contribution is 5.93. The lowest BCUT2D eigenvalue weighted by molar-refractivity contribution is 0.460. The standard InChI is InChI=1S/C50H42/c1-3-15-41-39(13-1)45-19-7-17-43-37(25-27-47(41)49(43)45)35-11-5-9-33(29-35)31-21-23-32(24-22-31)34-10-6-12-36(30-34)38-26-28-48-42-16-4-2-14-40(42)46-20-8-18-44(38)50(46)48/h1-5,7,9,11-17,20-24,26-27,30,35,37,45,48H,6,8,10,18-19,25,28-29H2. The van der Waals surface area contributed by atoms with E-state index in [2.05, 4.69) is 134 Å². The lowest BCUT2D eigenvalue weighted by Crippen LogP contribution is -2.21. The first-order chi connectivity index (χ1) is 24.8. The van der Waals surface area contributed by atoms with Gasteiger partial charge in [-0.1, -0.05) is 134 Å². The first kappa shape index (κ1) is 28.9. The Morgan fingerprint density at radius 3 is 2.10 bits per heavy atom. The minimum Gasteiger partial charge on any atom is -0.0833 e. The normalized spacial score (nSPS) is 27.0. The molecule has 0 saturated carbocycles. The molecule has 3 aromatic rings. The summed E-state index contributed by atoms with van der Waals surface area (Å²) in [7, 11) is 0. The minimum absolute atomic E-state index is 0.525. The van der Waals surface area contributed by atoms with Crippen LogP contribution in [-0.2, 0) is 0 Å². The molecule has 0 nitrogen and oxygen atoms in total. The van der Waals surface area contributed by atoms with E-state index in [9.17, 15) is 0 Å². The van der Waals surface area contributed by atoms with E-state index in [4.69, 9.17) is 0 Å². The van der Waals surface area contributed by atoms with Crippen molar-refractivity contribution in [1.29, 1.82) is 0 Å². The van der Waals surface area contributed by atoms with Gasteiger partial charge in [-0.05, 0) is 152 Å². The Labute approximate surface area is 296 Å². The number of fused-ring (bicyclic) bond motifs is 6. The summed E-state index contributed by atoms with van der Waals surface area (Å²) >= 11 is 0. The zero-order valence-corrected chi connectivity index (χ0v) is 28.7. The van der Waals surface area contributed by atoms with Gasteiger partial charge in [0, 0.05) is 11.8 Å². The molecule has 4 unspecified atom stereocenters. The van der Waals surface area contributed by atoms with Crippen LogP contribution in [-0.4, -0.2) is 0 Å². The SMILES string of the molecule is C1=CC(C2CC=C3C4=C2C=CCC4c2ccccc23)CC(c2ccc(C3=CC(C4=CCC5C6=C4CCC=C6c4ccccc45)=CCC3)cc2)=C1. The van der Waals surface area contributed by atoms with Gasteiger partial charge in [-0.25, -0.2) is 0 Å². The second-order valence-electron chi connectivity index (χ2n) is 15.5. The molecule has 0 saturated heterocycles. The van der Waals surface area contributed by atoms with E-state index >= 15 is 0 Å². The van der Waals surface area contributed by atoms with Crippen molar-refractivity contribution in [3.8, 4) is 0 Å². The predicted octanol–water partition coefficient (Wildman–Crippen LogP) is 12.8. The van der Waals surface area contributed by atoms with Crippen LogP contribution in [0.4, 0.5) is 0 Å². The van der Waals surface area contributed by atoms with E-state index in [-0.39, 0.29) is 0 Å². The number of allylic oxidation sites excluding steroid dienone is 20. The summed E-state index contributed by atoms with van der Waals surface area (Å²) in [5, 5.41) is 0. The molecule has 242 valence electrons. The molecule has 4 atom stereocenters. The quantitative estimate of drug-likeness (QED) is 0.266. The molecule has 0 amide bonds. The van der Waals surface area contributed by atoms with Crippen molar-refractivity contribution >= 4 is 22.3 Å². The minimum atomic E-state index is 0.525. The van der Waals surface area contributed by atoms with E-state index in [0.717, 1.165) is 51.4 Å². The summed E-state index contributed by atoms with van der Waals surface area (Å²) in [4.78, 5) is 0. The summed E-state index contributed by atoms with van der Waals surface area (Å²) in [5.74, 6) is 2.16. The predicted molar refractivity (Wildman–Crippen MR) is 209 cm³/mol. The van der Waals surface area contributed by atoms with Gasteiger partial charge in [-0.15, -0.1) is 0 Å². The lowest BCUT2D eigenvalue weighted by atomic mass is 9.69. The Morgan fingerprint density at radius 1 is 0.580 bits per heavy atom. The van der Waals surface area contributed by atoms with Crippen molar-refractivity contribution < 1.29 is 0 Å². The van der Waals surface area contributed by atoms with E-state index in [1.165, 1.54) is 66.8 Å². The summed E-state index contributed by atoms with van der Waals surface area (Å²) in [6, 6.07) is 27.8. The number of hydrogen-bond donors (Lipinski definition) is 0. The first-order valence-corrected chi connectivity index (χ1v) is 19.1. The molecule has 11 rings (SSSR count). The van der Waals surface area contributed by atoms with Crippen LogP contribution in [0.15, 0.2) is 167 Å². The molecule has 0 bridgehead atoms. The van der Waals surface area contributed by atoms with Crippen LogP contribution >= 0.6 is 0 Å². The van der Waals surface area contributed by atoms with Gasteiger partial charge in [-0.3, -0.25) is 0 Å². The largest absolute Gasteiger partial charge is 0.0833 e. The average molecular weight is 643 g/mol. The van der Waals surface area contributed by atoms with Gasteiger partial charge < -0.3 is 0 Å². The summed E-state index contributed by atoms with van der Waals surface area (Å²) < 4.78 is 0. The van der Waals surface area contributed by atoms with Crippen LogP contribution < -0.4 is 0 Å². The van der Waals surface area contributed by atoms with Gasteiger partial charge in [0.1, 0.15) is 0 Å². The monoisotopic (exact) mass is 642 g/mol. The van der Waals surface area contributed by atoms with Gasteiger partial charge >= 0.3 is 0 Å². The van der Waals surface area contributed by atoms with Gasteiger partial charge in [0.2, 0.25) is 0 Å². The zero-order valence-electron chi connectivity index (χ0n) is 28.7. The second-order valence-corrected chi connectivity index (χ2v) is 15.5. The Balaban J connectivity index is 0.834. The third kappa shape index (κ3) is 4.30. The van der Waals surface area contributed by atoms with Gasteiger partial charge in [-0.2, -0.15) is 0 Å². The maximum Gasteiger partial charge on any atom is 0.0139 e. The van der Waals surface area contributed by atoms with E-state index in [0.29, 0.717) is 23.7 Å². The Morgan fingerprint density at radius 2 is 1.28 bits per heavy atom. The second kappa shape index (κ2) is 11.3. The molecule has 0 aliphatic heterocycles. The molecule has 0 spiro atoms. The molecule has 3 aromatic carbocycles. The van der Waals surface area contributed by atoms with Crippen LogP contribution in [0.5, 0.6) is 0 Å². The molecule has 0 heterocycles. The van der Waals surface area contributed by atoms with Crippen LogP contribution in [0, 0.1) is 11.8 Å². The topological polar surface area (TPSA) is 0 Å². The summed E-state index contributed by atoms with van der Waals surface area (Å²) in [6.45, 7) is 0. The summed E-state index contributed by atoms with van der Waals surface area (Å²) in [6.07, 6.45) is 33.8.